The number of hydrogen-bond donors (Lipinski definition) is 0. The first kappa shape index (κ1) is 63.7. The van der Waals surface area contributed by atoms with Gasteiger partial charge in [0.15, 0.2) is 69.8 Å². The second kappa shape index (κ2) is 22.4. The van der Waals surface area contributed by atoms with Gasteiger partial charge in [0.25, 0.3) is 0 Å². The average Bonchev–Trinajstić information content (AvgIpc) is 3.35. The van der Waals surface area contributed by atoms with E-state index < -0.39 is 188 Å². The Balaban J connectivity index is 0.000000287. The lowest BCUT2D eigenvalue weighted by atomic mass is 9.54. The van der Waals surface area contributed by atoms with Crippen molar-refractivity contribution in [2.45, 2.75) is 104 Å². The summed E-state index contributed by atoms with van der Waals surface area (Å²) in [4.78, 5) is 0. The topological polar surface area (TPSA) is 18.5 Å². The van der Waals surface area contributed by atoms with Crippen LogP contribution >= 0.6 is 15.0 Å². The minimum Gasteiger partial charge on any atom is -0.430 e. The van der Waals surface area contributed by atoms with Gasteiger partial charge >= 0.3 is 0 Å². The lowest BCUT2D eigenvalue weighted by Crippen LogP contribution is -2.56. The Hall–Kier alpha value is -5.17. The molecule has 0 heterocycles. The highest BCUT2D eigenvalue weighted by Crippen LogP contribution is 2.77. The second-order valence-electron chi connectivity index (χ2n) is 22.0. The fraction of sp³-hybridized carbons (Fsp3) is 0.308. The Morgan fingerprint density at radius 2 is 0.385 bits per heavy atom. The molecule has 0 atom stereocenters. The molecular formula is C52H48B2F20O2P2. The predicted molar refractivity (Wildman–Crippen MR) is 265 cm³/mol. The van der Waals surface area contributed by atoms with Crippen molar-refractivity contribution in [2.75, 3.05) is 0 Å². The highest BCUT2D eigenvalue weighted by atomic mass is 31.2. The van der Waals surface area contributed by atoms with Crippen molar-refractivity contribution in [3.63, 3.8) is 0 Å². The van der Waals surface area contributed by atoms with Crippen LogP contribution < -0.4 is 32.5 Å². The van der Waals surface area contributed by atoms with Crippen LogP contribution in [0, 0.1) is 116 Å². The van der Waals surface area contributed by atoms with Gasteiger partial charge in [-0.25, -0.2) is 87.8 Å². The van der Waals surface area contributed by atoms with Gasteiger partial charge in [0.2, 0.25) is 13.8 Å². The molecule has 0 saturated carbocycles. The highest BCUT2D eigenvalue weighted by molar-refractivity contribution is 7.82. The van der Waals surface area contributed by atoms with Crippen molar-refractivity contribution in [3.05, 3.63) is 177 Å². The standard InChI is InChI=1S/2C26H24BF10OP/c2*1-25(2,3)39(26(4,5)6,12-10-8-7-9-11-12)38-27(13-15(28)19(32)23(36)20(33)16(13)29)14-17(30)21(34)24(37)22(35)18(14)31/h2*7-11,27H,1-6H3. The minimum absolute atomic E-state index is 0.357. The molecule has 424 valence electrons. The van der Waals surface area contributed by atoms with E-state index in [1.165, 1.54) is 24.3 Å². The van der Waals surface area contributed by atoms with Gasteiger partial charge in [-0.15, -0.1) is 0 Å². The smallest absolute Gasteiger partial charge is 0.219 e. The largest absolute Gasteiger partial charge is 0.430 e. The summed E-state index contributed by atoms with van der Waals surface area (Å²) in [5.74, 6) is -50.1. The van der Waals surface area contributed by atoms with E-state index in [2.05, 4.69) is 0 Å². The van der Waals surface area contributed by atoms with Crippen LogP contribution in [0.2, 0.25) is 0 Å². The first-order valence-corrected chi connectivity index (χ1v) is 26.7. The molecule has 0 fully saturated rings. The summed E-state index contributed by atoms with van der Waals surface area (Å²) in [6.45, 7) is 11.1. The third-order valence-corrected chi connectivity index (χ3v) is 24.1. The van der Waals surface area contributed by atoms with Gasteiger partial charge in [0.1, 0.15) is 72.1 Å². The third kappa shape index (κ3) is 10.6. The van der Waals surface area contributed by atoms with Crippen LogP contribution in [-0.2, 0) is 8.88 Å². The maximum absolute atomic E-state index is 15.2. The van der Waals surface area contributed by atoms with Crippen molar-refractivity contribution in [3.8, 4) is 0 Å². The molecule has 0 aromatic heterocycles. The van der Waals surface area contributed by atoms with Gasteiger partial charge in [-0.05, 0) is 107 Å². The van der Waals surface area contributed by atoms with Crippen LogP contribution in [0.1, 0.15) is 83.1 Å². The van der Waals surface area contributed by atoms with Crippen molar-refractivity contribution >= 4 is 61.3 Å². The molecule has 6 aromatic rings. The summed E-state index contributed by atoms with van der Waals surface area (Å²) in [6, 6.07) is 15.6. The molecule has 0 aliphatic carbocycles. The Bertz CT molecular complexity index is 2770. The molecule has 6 rings (SSSR count). The zero-order chi connectivity index (χ0) is 59.7. The molecule has 0 radical (unpaired) electrons. The molecule has 78 heavy (non-hydrogen) atoms. The van der Waals surface area contributed by atoms with Crippen molar-refractivity contribution in [1.82, 2.24) is 0 Å². The molecule has 0 unspecified atom stereocenters. The SMILES string of the molecule is CC(C)(C)[P+](O[BH-](c1c(F)c(F)c(F)c(F)c1F)c1c(F)c(F)c(F)c(F)c1F)(c1ccccc1)C(C)(C)C.CC(C)(C)[P+](O[BH-](c1c(F)c(F)c(F)c(F)c1F)c1c(F)c(F)c(F)c(F)c1F)(c1ccccc1)C(C)(C)C. The number of halogens is 20. The van der Waals surface area contributed by atoms with Crippen LogP contribution in [0.15, 0.2) is 60.7 Å². The summed E-state index contributed by atoms with van der Waals surface area (Å²) >= 11 is 0. The van der Waals surface area contributed by atoms with Crippen LogP contribution in [0.3, 0.4) is 0 Å². The summed E-state index contributed by atoms with van der Waals surface area (Å²) in [5, 5.41) is -3.54. The highest BCUT2D eigenvalue weighted by Gasteiger charge is 2.62. The van der Waals surface area contributed by atoms with Crippen LogP contribution in [0.5, 0.6) is 0 Å². The summed E-state index contributed by atoms with van der Waals surface area (Å²) < 4.78 is 304. The average molecular weight is 1170 g/mol. The minimum atomic E-state index is -4.18. The van der Waals surface area contributed by atoms with E-state index in [4.69, 9.17) is 8.88 Å². The van der Waals surface area contributed by atoms with Gasteiger partial charge in [0.05, 0.1) is 20.6 Å². The summed E-state index contributed by atoms with van der Waals surface area (Å²) in [5.41, 5.74) is -7.27. The number of hydrogen-bond acceptors (Lipinski definition) is 2. The Kier molecular flexibility index (Phi) is 18.3. The molecule has 0 N–H and O–H groups in total. The fourth-order valence-electron chi connectivity index (χ4n) is 10.5. The van der Waals surface area contributed by atoms with E-state index in [1.807, 2.05) is 0 Å². The van der Waals surface area contributed by atoms with Crippen molar-refractivity contribution in [1.29, 1.82) is 0 Å². The molecule has 2 nitrogen and oxygen atoms in total. The zero-order valence-corrected chi connectivity index (χ0v) is 45.2. The summed E-state index contributed by atoms with van der Waals surface area (Å²) in [6.07, 6.45) is 0. The Labute approximate surface area is 437 Å². The molecule has 6 aromatic carbocycles. The fourth-order valence-corrected chi connectivity index (χ4v) is 21.9. The predicted octanol–water partition coefficient (Wildman–Crippen LogP) is 13.6. The van der Waals surface area contributed by atoms with E-state index in [0.717, 1.165) is 0 Å². The maximum atomic E-state index is 15.2. The van der Waals surface area contributed by atoms with Gasteiger partial charge in [-0.3, -0.25) is 0 Å². The molecule has 26 heteroatoms. The lowest BCUT2D eigenvalue weighted by molar-refractivity contribution is 0.379. The molecule has 0 aliphatic rings. The lowest BCUT2D eigenvalue weighted by Gasteiger charge is -2.50. The first-order chi connectivity index (χ1) is 35.6. The van der Waals surface area contributed by atoms with E-state index >= 15 is 35.1 Å². The number of benzene rings is 6. The van der Waals surface area contributed by atoms with Crippen molar-refractivity contribution < 1.29 is 96.7 Å². The monoisotopic (exact) mass is 1170 g/mol. The van der Waals surface area contributed by atoms with Crippen LogP contribution in [0.25, 0.3) is 0 Å². The summed E-state index contributed by atoms with van der Waals surface area (Å²) in [7, 11) is -7.15. The van der Waals surface area contributed by atoms with E-state index in [9.17, 15) is 52.7 Å². The van der Waals surface area contributed by atoms with E-state index in [-0.39, 0.29) is 0 Å². The molecule has 0 aliphatic heterocycles. The third-order valence-electron chi connectivity index (χ3n) is 13.2. The molecule has 0 spiro atoms. The molecule has 0 saturated heterocycles. The molecule has 0 amide bonds. The van der Waals surface area contributed by atoms with Crippen LogP contribution in [-0.4, -0.2) is 34.5 Å². The molecule has 0 bridgehead atoms. The van der Waals surface area contributed by atoms with Crippen molar-refractivity contribution in [2.24, 2.45) is 0 Å². The maximum Gasteiger partial charge on any atom is 0.219 e. The van der Waals surface area contributed by atoms with Crippen LogP contribution in [0.4, 0.5) is 87.8 Å². The normalized spacial score (nSPS) is 12.9. The van der Waals surface area contributed by atoms with Gasteiger partial charge in [0, 0.05) is 0 Å². The van der Waals surface area contributed by atoms with Gasteiger partial charge < -0.3 is 8.88 Å². The van der Waals surface area contributed by atoms with Gasteiger partial charge in [-0.2, -0.15) is 0 Å². The Morgan fingerprint density at radius 3 is 0.526 bits per heavy atom. The molecular weight excluding hydrogens is 1120 g/mol. The van der Waals surface area contributed by atoms with E-state index in [0.29, 0.717) is 10.6 Å². The van der Waals surface area contributed by atoms with E-state index in [1.54, 1.807) is 119 Å². The quantitative estimate of drug-likeness (QED) is 0.0447. The Morgan fingerprint density at radius 1 is 0.244 bits per heavy atom. The first-order valence-electron chi connectivity index (χ1n) is 23.3. The zero-order valence-electron chi connectivity index (χ0n) is 43.5. The number of rotatable bonds is 10. The van der Waals surface area contributed by atoms with Gasteiger partial charge in [-0.1, -0.05) is 58.2 Å². The second-order valence-corrected chi connectivity index (χ2v) is 31.3.